The van der Waals surface area contributed by atoms with Crippen LogP contribution in [0.4, 0.5) is 5.69 Å². The fourth-order valence-electron chi connectivity index (χ4n) is 5.33. The molecule has 1 aromatic heterocycles. The van der Waals surface area contributed by atoms with Gasteiger partial charge in [-0.3, -0.25) is 10.1 Å². The number of alkyl halides is 1. The van der Waals surface area contributed by atoms with Crippen LogP contribution in [0.3, 0.4) is 0 Å². The minimum atomic E-state index is -0.349. The fourth-order valence-corrected chi connectivity index (χ4v) is 8.82. The molecule has 0 spiro atoms. The first-order valence-electron chi connectivity index (χ1n) is 10.9. The van der Waals surface area contributed by atoms with Crippen molar-refractivity contribution in [1.29, 1.82) is 0 Å². The Kier molecular flexibility index (Phi) is 5.28. The highest BCUT2D eigenvalue weighted by molar-refractivity contribution is 8.00. The number of fused-ring (bicyclic) bond motifs is 5. The number of hydrogen-bond donors (Lipinski definition) is 0. The van der Waals surface area contributed by atoms with E-state index >= 15 is 0 Å². The Bertz CT molecular complexity index is 1320. The molecule has 164 valence electrons. The molecule has 4 atom stereocenters. The summed E-state index contributed by atoms with van der Waals surface area (Å²) >= 11 is 10.7. The van der Waals surface area contributed by atoms with E-state index in [2.05, 4.69) is 60.7 Å². The van der Waals surface area contributed by atoms with Gasteiger partial charge in [0, 0.05) is 43.3 Å². The van der Waals surface area contributed by atoms with Crippen LogP contribution in [0.15, 0.2) is 89.8 Å². The van der Waals surface area contributed by atoms with Gasteiger partial charge < -0.3 is 0 Å². The van der Waals surface area contributed by atoms with Crippen molar-refractivity contribution in [3.05, 3.63) is 106 Å². The van der Waals surface area contributed by atoms with Gasteiger partial charge in [0.25, 0.3) is 5.69 Å². The molecule has 3 nitrogen and oxygen atoms in total. The van der Waals surface area contributed by atoms with Crippen LogP contribution in [0.1, 0.15) is 29.4 Å². The topological polar surface area (TPSA) is 43.1 Å². The molecule has 2 bridgehead atoms. The highest BCUT2D eigenvalue weighted by Gasteiger charge is 2.54. The van der Waals surface area contributed by atoms with Gasteiger partial charge in [0.05, 0.1) is 4.92 Å². The largest absolute Gasteiger partial charge is 0.269 e. The van der Waals surface area contributed by atoms with Crippen LogP contribution in [0.2, 0.25) is 0 Å². The Hall–Kier alpha value is -2.60. The summed E-state index contributed by atoms with van der Waals surface area (Å²) in [4.78, 5) is 14.5. The maximum Gasteiger partial charge on any atom is 0.269 e. The van der Waals surface area contributed by atoms with E-state index in [0.29, 0.717) is 11.2 Å². The van der Waals surface area contributed by atoms with Crippen LogP contribution >= 0.6 is 34.7 Å². The van der Waals surface area contributed by atoms with Crippen molar-refractivity contribution in [3.8, 4) is 20.9 Å². The Morgan fingerprint density at radius 3 is 2.00 bits per heavy atom. The summed E-state index contributed by atoms with van der Waals surface area (Å²) in [6.07, 6.45) is 0.967. The minimum absolute atomic E-state index is 0.0960. The second-order valence-electron chi connectivity index (χ2n) is 8.54. The molecule has 1 saturated carbocycles. The Morgan fingerprint density at radius 1 is 0.848 bits per heavy atom. The molecule has 2 aliphatic rings. The average molecular weight is 490 g/mol. The van der Waals surface area contributed by atoms with E-state index in [1.165, 1.54) is 32.0 Å². The summed E-state index contributed by atoms with van der Waals surface area (Å²) in [7, 11) is 0. The van der Waals surface area contributed by atoms with E-state index in [4.69, 9.17) is 11.6 Å². The van der Waals surface area contributed by atoms with Crippen LogP contribution in [0.5, 0.6) is 0 Å². The van der Waals surface area contributed by atoms with Crippen LogP contribution in [0.25, 0.3) is 20.9 Å². The normalized spacial score (nSPS) is 22.9. The smallest absolute Gasteiger partial charge is 0.258 e. The highest BCUT2D eigenvalue weighted by Crippen LogP contribution is 2.66. The molecule has 3 aromatic carbocycles. The molecule has 0 N–H and O–H groups in total. The number of nitro benzene ring substituents is 1. The predicted molar refractivity (Wildman–Crippen MR) is 138 cm³/mol. The Labute approximate surface area is 205 Å². The average Bonchev–Trinajstić information content (AvgIpc) is 3.47. The van der Waals surface area contributed by atoms with E-state index in [1.807, 2.05) is 35.2 Å². The maximum absolute atomic E-state index is 11.1. The maximum atomic E-state index is 11.1. The van der Waals surface area contributed by atoms with Crippen LogP contribution < -0.4 is 0 Å². The van der Waals surface area contributed by atoms with E-state index in [9.17, 15) is 10.1 Å². The summed E-state index contributed by atoms with van der Waals surface area (Å²) in [5.74, 6) is 0.632. The number of nitro groups is 1. The van der Waals surface area contributed by atoms with Gasteiger partial charge in [-0.05, 0) is 46.7 Å². The zero-order valence-corrected chi connectivity index (χ0v) is 19.9. The number of halogens is 1. The van der Waals surface area contributed by atoms with Crippen LogP contribution in [-0.2, 0) is 0 Å². The molecule has 1 fully saturated rings. The first-order valence-corrected chi connectivity index (χ1v) is 13.1. The second kappa shape index (κ2) is 8.32. The number of non-ortho nitro benzene ring substituents is 1. The molecule has 0 saturated heterocycles. The van der Waals surface area contributed by atoms with E-state index in [0.717, 1.165) is 11.3 Å². The SMILES string of the molecule is O=[N+]([O-])c1ccc(S[C@@H]2[C@H]3c4c(-c5ccccc5)sc(-c5ccccc5)c4[C@@H]2C[C@H]3Cl)cc1. The van der Waals surface area contributed by atoms with Crippen molar-refractivity contribution >= 4 is 40.4 Å². The van der Waals surface area contributed by atoms with E-state index < -0.39 is 0 Å². The monoisotopic (exact) mass is 489 g/mol. The van der Waals surface area contributed by atoms with Crippen molar-refractivity contribution in [3.63, 3.8) is 0 Å². The lowest BCUT2D eigenvalue weighted by molar-refractivity contribution is -0.384. The number of thioether (sulfide) groups is 1. The summed E-state index contributed by atoms with van der Waals surface area (Å²) in [5, 5.41) is 11.5. The van der Waals surface area contributed by atoms with Crippen LogP contribution in [0, 0.1) is 10.1 Å². The van der Waals surface area contributed by atoms with Gasteiger partial charge in [0.1, 0.15) is 0 Å². The van der Waals surface area contributed by atoms with Crippen molar-refractivity contribution in [2.75, 3.05) is 0 Å². The number of nitrogens with zero attached hydrogens (tertiary/aromatic N) is 1. The molecule has 33 heavy (non-hydrogen) atoms. The molecule has 0 radical (unpaired) electrons. The third kappa shape index (κ3) is 3.50. The Morgan fingerprint density at radius 2 is 1.42 bits per heavy atom. The number of rotatable bonds is 5. The predicted octanol–water partition coefficient (Wildman–Crippen LogP) is 8.34. The zero-order chi connectivity index (χ0) is 22.5. The summed E-state index contributed by atoms with van der Waals surface area (Å²) in [6, 6.07) is 28.2. The molecule has 0 aliphatic heterocycles. The van der Waals surface area contributed by atoms with Crippen molar-refractivity contribution in [2.45, 2.75) is 33.8 Å². The van der Waals surface area contributed by atoms with Gasteiger partial charge in [-0.1, -0.05) is 60.7 Å². The summed E-state index contributed by atoms with van der Waals surface area (Å²) in [6.45, 7) is 0. The molecule has 1 heterocycles. The van der Waals surface area contributed by atoms with Gasteiger partial charge in [0.15, 0.2) is 0 Å². The number of thiophene rings is 1. The second-order valence-corrected chi connectivity index (χ2v) is 11.4. The van der Waals surface area contributed by atoms with Crippen LogP contribution in [-0.4, -0.2) is 15.6 Å². The van der Waals surface area contributed by atoms with E-state index in [1.54, 1.807) is 12.1 Å². The summed E-state index contributed by atoms with van der Waals surface area (Å²) < 4.78 is 0. The minimum Gasteiger partial charge on any atom is -0.258 e. The molecule has 0 amide bonds. The molecule has 0 unspecified atom stereocenters. The number of hydrogen-bond acceptors (Lipinski definition) is 4. The summed E-state index contributed by atoms with van der Waals surface area (Å²) in [5.41, 5.74) is 5.52. The van der Waals surface area contributed by atoms with Gasteiger partial charge in [-0.25, -0.2) is 0 Å². The number of benzene rings is 3. The molecule has 6 rings (SSSR count). The highest BCUT2D eigenvalue weighted by atomic mass is 35.5. The Balaban J connectivity index is 1.45. The standard InChI is InChI=1S/C27H20ClNO2S2/c28-21-15-20-22-24(23(21)27(20)32-19-13-11-18(12-14-19)29(30)31)26(17-9-5-2-6-10-17)33-25(22)16-7-3-1-4-8-16/h1-14,20-21,23,27H,15H2/t20-,21+,23+,27-/m0/s1. The molecular formula is C27H20ClNO2S2. The first-order chi connectivity index (χ1) is 16.1. The van der Waals surface area contributed by atoms with Gasteiger partial charge in [-0.15, -0.1) is 34.7 Å². The third-order valence-electron chi connectivity index (χ3n) is 6.70. The van der Waals surface area contributed by atoms with Crippen molar-refractivity contribution in [1.82, 2.24) is 0 Å². The van der Waals surface area contributed by atoms with Crippen molar-refractivity contribution in [2.24, 2.45) is 0 Å². The molecule has 6 heteroatoms. The molecular weight excluding hydrogens is 470 g/mol. The molecule has 4 aromatic rings. The quantitative estimate of drug-likeness (QED) is 0.161. The van der Waals surface area contributed by atoms with E-state index in [-0.39, 0.29) is 21.9 Å². The zero-order valence-electron chi connectivity index (χ0n) is 17.6. The lowest BCUT2D eigenvalue weighted by atomic mass is 9.89. The van der Waals surface area contributed by atoms with Gasteiger partial charge in [0.2, 0.25) is 0 Å². The van der Waals surface area contributed by atoms with Gasteiger partial charge >= 0.3 is 0 Å². The first kappa shape index (κ1) is 21.0. The lowest BCUT2D eigenvalue weighted by Crippen LogP contribution is -2.12. The van der Waals surface area contributed by atoms with Crippen molar-refractivity contribution < 1.29 is 4.92 Å². The third-order valence-corrected chi connectivity index (χ3v) is 9.91. The fraction of sp³-hybridized carbons (Fsp3) is 0.185. The van der Waals surface area contributed by atoms with Gasteiger partial charge in [-0.2, -0.15) is 0 Å². The lowest BCUT2D eigenvalue weighted by Gasteiger charge is -2.19. The molecule has 2 aliphatic carbocycles.